The second kappa shape index (κ2) is 7.20. The minimum atomic E-state index is -0.878. The summed E-state index contributed by atoms with van der Waals surface area (Å²) < 4.78 is 11.2. The van der Waals surface area contributed by atoms with E-state index in [0.29, 0.717) is 24.5 Å². The smallest absolute Gasteiger partial charge is 0.246 e. The van der Waals surface area contributed by atoms with Crippen LogP contribution in [0.1, 0.15) is 40.5 Å². The Balaban J connectivity index is 2.81. The van der Waals surface area contributed by atoms with Crippen molar-refractivity contribution in [3.63, 3.8) is 0 Å². The summed E-state index contributed by atoms with van der Waals surface area (Å²) in [7, 11) is -0.878. The Hall–Kier alpha value is -0.910. The normalized spacial score (nSPS) is 26.6. The minimum Gasteiger partial charge on any atom is -0.343 e. The highest BCUT2D eigenvalue weighted by atomic mass is 32.2. The van der Waals surface area contributed by atoms with Crippen LogP contribution in [0.5, 0.6) is 0 Å². The second-order valence-electron chi connectivity index (χ2n) is 6.03. The van der Waals surface area contributed by atoms with Crippen molar-refractivity contribution < 1.29 is 13.8 Å². The molecule has 20 heavy (non-hydrogen) atoms. The van der Waals surface area contributed by atoms with Crippen molar-refractivity contribution in [2.24, 2.45) is 5.92 Å². The molecular weight excluding hydrogens is 276 g/mol. The van der Waals surface area contributed by atoms with Crippen molar-refractivity contribution in [2.75, 3.05) is 12.0 Å². The lowest BCUT2D eigenvalue weighted by Gasteiger charge is -2.41. The molecule has 1 saturated heterocycles. The van der Waals surface area contributed by atoms with Crippen LogP contribution < -0.4 is 5.32 Å². The molecule has 4 unspecified atom stereocenters. The molecule has 1 aliphatic rings. The molecule has 1 rings (SSSR count). The summed E-state index contributed by atoms with van der Waals surface area (Å²) in [5.41, 5.74) is 0. The van der Waals surface area contributed by atoms with Gasteiger partial charge in [-0.1, -0.05) is 13.8 Å². The Kier molecular flexibility index (Phi) is 6.17. The van der Waals surface area contributed by atoms with Gasteiger partial charge in [0.15, 0.2) is 0 Å². The van der Waals surface area contributed by atoms with Crippen LogP contribution in [0.4, 0.5) is 0 Å². The Labute approximate surface area is 123 Å². The Morgan fingerprint density at radius 1 is 1.30 bits per heavy atom. The van der Waals surface area contributed by atoms with Crippen LogP contribution in [0.3, 0.4) is 0 Å². The van der Waals surface area contributed by atoms with Gasteiger partial charge in [0.05, 0.1) is 0 Å². The molecule has 0 aromatic rings. The quantitative estimate of drug-likeness (QED) is 0.793. The molecule has 0 aliphatic carbocycles. The molecule has 2 amide bonds. The first-order chi connectivity index (χ1) is 9.23. The molecule has 1 aliphatic heterocycles. The van der Waals surface area contributed by atoms with Gasteiger partial charge in [-0.05, 0) is 32.6 Å². The van der Waals surface area contributed by atoms with E-state index in [-0.39, 0.29) is 17.9 Å². The van der Waals surface area contributed by atoms with E-state index in [2.05, 4.69) is 5.32 Å². The van der Waals surface area contributed by atoms with Crippen molar-refractivity contribution in [1.82, 2.24) is 10.2 Å². The molecule has 4 atom stereocenters. The van der Waals surface area contributed by atoms with Crippen molar-refractivity contribution in [3.8, 4) is 0 Å². The van der Waals surface area contributed by atoms with Gasteiger partial charge in [0.2, 0.25) is 11.8 Å². The summed E-state index contributed by atoms with van der Waals surface area (Å²) >= 11 is 0. The van der Waals surface area contributed by atoms with Gasteiger partial charge in [-0.2, -0.15) is 0 Å². The Bertz CT molecular complexity index is 398. The zero-order chi connectivity index (χ0) is 15.4. The number of carbonyl (C=O) groups is 2. The van der Waals surface area contributed by atoms with Crippen LogP contribution in [0, 0.1) is 5.92 Å². The van der Waals surface area contributed by atoms with Gasteiger partial charge in [-0.15, -0.1) is 0 Å². The minimum absolute atomic E-state index is 0.0137. The van der Waals surface area contributed by atoms with Crippen LogP contribution in [0.25, 0.3) is 0 Å². The van der Waals surface area contributed by atoms with E-state index in [1.54, 1.807) is 18.1 Å². The van der Waals surface area contributed by atoms with Crippen molar-refractivity contribution in [1.29, 1.82) is 0 Å². The molecule has 1 N–H and O–H groups in total. The van der Waals surface area contributed by atoms with Crippen LogP contribution >= 0.6 is 0 Å². The number of hydrogen-bond acceptors (Lipinski definition) is 3. The van der Waals surface area contributed by atoms with E-state index in [4.69, 9.17) is 0 Å². The fourth-order valence-corrected chi connectivity index (χ4v) is 3.23. The molecular formula is C14H26N2O3S. The average Bonchev–Trinajstić information content (AvgIpc) is 2.33. The standard InChI is InChI=1S/C14H26N2O3S/c1-9(2)8-12-14(18)16(11(4)13(17)15-12)10(3)6-7-20(5)19/h9-12H,6-8H2,1-5H3,(H,15,17). The number of nitrogens with zero attached hydrogens (tertiary/aromatic N) is 1. The van der Waals surface area contributed by atoms with Crippen molar-refractivity contribution >= 4 is 22.6 Å². The number of rotatable bonds is 6. The van der Waals surface area contributed by atoms with E-state index < -0.39 is 22.9 Å². The summed E-state index contributed by atoms with van der Waals surface area (Å²) in [4.78, 5) is 26.2. The lowest BCUT2D eigenvalue weighted by molar-refractivity contribution is -0.151. The summed E-state index contributed by atoms with van der Waals surface area (Å²) in [5.74, 6) is 0.784. The average molecular weight is 302 g/mol. The van der Waals surface area contributed by atoms with Crippen LogP contribution in [0.2, 0.25) is 0 Å². The molecule has 1 heterocycles. The Morgan fingerprint density at radius 3 is 2.40 bits per heavy atom. The fraction of sp³-hybridized carbons (Fsp3) is 0.857. The first-order valence-corrected chi connectivity index (χ1v) is 8.89. The fourth-order valence-electron chi connectivity index (χ4n) is 2.56. The van der Waals surface area contributed by atoms with E-state index >= 15 is 0 Å². The Morgan fingerprint density at radius 2 is 1.90 bits per heavy atom. The molecule has 1 fully saturated rings. The maximum absolute atomic E-state index is 12.5. The van der Waals surface area contributed by atoms with Gasteiger partial charge in [-0.25, -0.2) is 0 Å². The van der Waals surface area contributed by atoms with E-state index in [1.165, 1.54) is 0 Å². The molecule has 0 radical (unpaired) electrons. The summed E-state index contributed by atoms with van der Waals surface area (Å²) in [6.45, 7) is 7.74. The van der Waals surface area contributed by atoms with Gasteiger partial charge < -0.3 is 10.2 Å². The zero-order valence-corrected chi connectivity index (χ0v) is 13.8. The number of carbonyl (C=O) groups excluding carboxylic acids is 2. The predicted molar refractivity (Wildman–Crippen MR) is 80.7 cm³/mol. The van der Waals surface area contributed by atoms with Gasteiger partial charge in [0.1, 0.15) is 12.1 Å². The zero-order valence-electron chi connectivity index (χ0n) is 13.0. The number of piperazine rings is 1. The maximum Gasteiger partial charge on any atom is 0.246 e. The number of hydrogen-bond donors (Lipinski definition) is 1. The topological polar surface area (TPSA) is 66.5 Å². The van der Waals surface area contributed by atoms with E-state index in [1.807, 2.05) is 20.8 Å². The van der Waals surface area contributed by atoms with Crippen LogP contribution in [0.15, 0.2) is 0 Å². The molecule has 116 valence electrons. The highest BCUT2D eigenvalue weighted by Crippen LogP contribution is 2.19. The third-order valence-electron chi connectivity index (χ3n) is 3.67. The molecule has 6 heteroatoms. The van der Waals surface area contributed by atoms with Crippen LogP contribution in [-0.4, -0.2) is 51.1 Å². The van der Waals surface area contributed by atoms with E-state index in [9.17, 15) is 13.8 Å². The molecule has 0 aromatic carbocycles. The van der Waals surface area contributed by atoms with Gasteiger partial charge in [-0.3, -0.25) is 13.8 Å². The predicted octanol–water partition coefficient (Wildman–Crippen LogP) is 0.905. The third kappa shape index (κ3) is 4.30. The highest BCUT2D eigenvalue weighted by molar-refractivity contribution is 7.84. The molecule has 0 bridgehead atoms. The molecule has 0 spiro atoms. The molecule has 0 saturated carbocycles. The SMILES string of the molecule is CC(C)CC1NC(=O)C(C)N(C(C)CCS(C)=O)C1=O. The largest absolute Gasteiger partial charge is 0.343 e. The summed E-state index contributed by atoms with van der Waals surface area (Å²) in [5, 5.41) is 2.81. The lowest BCUT2D eigenvalue weighted by Crippen LogP contribution is -2.64. The lowest BCUT2D eigenvalue weighted by atomic mass is 9.97. The highest BCUT2D eigenvalue weighted by Gasteiger charge is 2.40. The first kappa shape index (κ1) is 17.1. The first-order valence-electron chi connectivity index (χ1n) is 7.16. The van der Waals surface area contributed by atoms with Gasteiger partial charge in [0, 0.05) is 28.9 Å². The molecule has 0 aromatic heterocycles. The number of nitrogens with one attached hydrogen (secondary N) is 1. The maximum atomic E-state index is 12.5. The van der Waals surface area contributed by atoms with Crippen molar-refractivity contribution in [3.05, 3.63) is 0 Å². The summed E-state index contributed by atoms with van der Waals surface area (Å²) in [6, 6.07) is -0.943. The number of amides is 2. The van der Waals surface area contributed by atoms with E-state index in [0.717, 1.165) is 0 Å². The van der Waals surface area contributed by atoms with Gasteiger partial charge >= 0.3 is 0 Å². The molecule has 5 nitrogen and oxygen atoms in total. The van der Waals surface area contributed by atoms with Crippen molar-refractivity contribution in [2.45, 2.75) is 58.7 Å². The van der Waals surface area contributed by atoms with Crippen LogP contribution in [-0.2, 0) is 20.4 Å². The second-order valence-corrected chi connectivity index (χ2v) is 7.58. The monoisotopic (exact) mass is 302 g/mol. The van der Waals surface area contributed by atoms with Gasteiger partial charge in [0.25, 0.3) is 0 Å². The third-order valence-corrected chi connectivity index (χ3v) is 4.48. The summed E-state index contributed by atoms with van der Waals surface area (Å²) in [6.07, 6.45) is 2.96.